The van der Waals surface area contributed by atoms with Gasteiger partial charge in [0.15, 0.2) is 0 Å². The Morgan fingerprint density at radius 1 is 1.61 bits per heavy atom. The van der Waals surface area contributed by atoms with Gasteiger partial charge in [-0.15, -0.1) is 11.3 Å². The summed E-state index contributed by atoms with van der Waals surface area (Å²) in [4.78, 5) is 1.16. The normalized spacial score (nSPS) is 12.8. The van der Waals surface area contributed by atoms with E-state index < -0.39 is 0 Å². The van der Waals surface area contributed by atoms with Gasteiger partial charge in [-0.3, -0.25) is 5.10 Å². The molecule has 0 amide bonds. The highest BCUT2D eigenvalue weighted by atomic mass is 32.1. The zero-order chi connectivity index (χ0) is 12.8. The number of aliphatic hydroxyl groups is 1. The number of nitrogens with one attached hydrogen (secondary N) is 2. The van der Waals surface area contributed by atoms with Gasteiger partial charge in [-0.05, 0) is 11.4 Å². The molecule has 0 aliphatic heterocycles. The molecule has 0 saturated carbocycles. The van der Waals surface area contributed by atoms with E-state index in [9.17, 15) is 5.11 Å². The molecule has 18 heavy (non-hydrogen) atoms. The van der Waals surface area contributed by atoms with Gasteiger partial charge >= 0.3 is 0 Å². The number of H-pyrrole nitrogens is 1. The van der Waals surface area contributed by atoms with E-state index >= 15 is 0 Å². The van der Waals surface area contributed by atoms with Crippen LogP contribution in [0, 0.1) is 0 Å². The van der Waals surface area contributed by atoms with Crippen LogP contribution in [0.1, 0.15) is 5.56 Å². The number of aromatic amines is 1. The Balaban J connectivity index is 2.00. The van der Waals surface area contributed by atoms with Crippen molar-refractivity contribution in [3.05, 3.63) is 29.3 Å². The fourth-order valence-electron chi connectivity index (χ4n) is 1.71. The van der Waals surface area contributed by atoms with Crippen LogP contribution < -0.4 is 5.32 Å². The Bertz CT molecular complexity index is 456. The second kappa shape index (κ2) is 6.65. The fourth-order valence-corrected chi connectivity index (χ4v) is 2.47. The van der Waals surface area contributed by atoms with Crippen molar-refractivity contribution in [2.75, 3.05) is 20.3 Å². The standard InChI is InChI=1S/C12H17N3O2S/c1-17-8-10(7-16)13-5-9-6-14-15-12(9)11-3-2-4-18-11/h2-4,6,10,13,16H,5,7-8H2,1H3,(H,14,15). The number of hydrogen-bond acceptors (Lipinski definition) is 5. The maximum absolute atomic E-state index is 9.18. The van der Waals surface area contributed by atoms with Crippen molar-refractivity contribution in [1.29, 1.82) is 0 Å². The number of thiophene rings is 1. The first-order valence-electron chi connectivity index (χ1n) is 5.74. The van der Waals surface area contributed by atoms with Gasteiger partial charge < -0.3 is 15.2 Å². The quantitative estimate of drug-likeness (QED) is 0.706. The third kappa shape index (κ3) is 3.17. The van der Waals surface area contributed by atoms with Crippen molar-refractivity contribution in [2.45, 2.75) is 12.6 Å². The summed E-state index contributed by atoms with van der Waals surface area (Å²) in [7, 11) is 1.62. The van der Waals surface area contributed by atoms with Gasteiger partial charge in [0, 0.05) is 19.2 Å². The molecule has 0 aromatic carbocycles. The molecule has 3 N–H and O–H groups in total. The average Bonchev–Trinajstić information content (AvgIpc) is 3.04. The second-order valence-electron chi connectivity index (χ2n) is 3.96. The van der Waals surface area contributed by atoms with Gasteiger partial charge in [-0.25, -0.2) is 0 Å². The second-order valence-corrected chi connectivity index (χ2v) is 4.91. The van der Waals surface area contributed by atoms with Gasteiger partial charge in [0.05, 0.1) is 36.0 Å². The van der Waals surface area contributed by atoms with Crippen LogP contribution in [-0.2, 0) is 11.3 Å². The van der Waals surface area contributed by atoms with Gasteiger partial charge in [0.2, 0.25) is 0 Å². The van der Waals surface area contributed by atoms with Gasteiger partial charge in [0.25, 0.3) is 0 Å². The molecule has 0 aliphatic carbocycles. The van der Waals surface area contributed by atoms with Crippen LogP contribution >= 0.6 is 11.3 Å². The Hall–Kier alpha value is -1.21. The van der Waals surface area contributed by atoms with E-state index in [1.54, 1.807) is 18.4 Å². The van der Waals surface area contributed by atoms with Gasteiger partial charge in [-0.2, -0.15) is 5.10 Å². The number of rotatable bonds is 7. The number of nitrogens with zero attached hydrogens (tertiary/aromatic N) is 1. The molecule has 0 saturated heterocycles. The van der Waals surface area contributed by atoms with E-state index in [0.29, 0.717) is 13.2 Å². The van der Waals surface area contributed by atoms with Crippen molar-refractivity contribution in [3.8, 4) is 10.6 Å². The SMILES string of the molecule is COCC(CO)NCc1cn[nH]c1-c1cccs1. The van der Waals surface area contributed by atoms with Crippen molar-refractivity contribution in [1.82, 2.24) is 15.5 Å². The van der Waals surface area contributed by atoms with Gasteiger partial charge in [0.1, 0.15) is 0 Å². The van der Waals surface area contributed by atoms with Crippen molar-refractivity contribution < 1.29 is 9.84 Å². The highest BCUT2D eigenvalue weighted by molar-refractivity contribution is 7.13. The summed E-state index contributed by atoms with van der Waals surface area (Å²) >= 11 is 1.67. The molecule has 1 atom stereocenters. The highest BCUT2D eigenvalue weighted by Crippen LogP contribution is 2.25. The first-order chi connectivity index (χ1) is 8.85. The Kier molecular flexibility index (Phi) is 4.89. The third-order valence-electron chi connectivity index (χ3n) is 2.65. The lowest BCUT2D eigenvalue weighted by atomic mass is 10.2. The molecule has 2 rings (SSSR count). The minimum Gasteiger partial charge on any atom is -0.395 e. The van der Waals surface area contributed by atoms with Crippen LogP contribution in [0.4, 0.5) is 0 Å². The molecule has 0 radical (unpaired) electrons. The van der Waals surface area contributed by atoms with E-state index in [-0.39, 0.29) is 12.6 Å². The van der Waals surface area contributed by atoms with Crippen LogP contribution in [-0.4, -0.2) is 41.7 Å². The lowest BCUT2D eigenvalue weighted by Gasteiger charge is -2.14. The van der Waals surface area contributed by atoms with E-state index in [2.05, 4.69) is 21.6 Å². The monoisotopic (exact) mass is 267 g/mol. The molecule has 6 heteroatoms. The number of ether oxygens (including phenoxy) is 1. The first-order valence-corrected chi connectivity index (χ1v) is 6.62. The Labute approximate surface area is 110 Å². The van der Waals surface area contributed by atoms with E-state index in [1.165, 1.54) is 0 Å². The predicted molar refractivity (Wildman–Crippen MR) is 71.5 cm³/mol. The van der Waals surface area contributed by atoms with Crippen LogP contribution in [0.25, 0.3) is 10.6 Å². The molecule has 0 bridgehead atoms. The molecule has 2 aromatic heterocycles. The smallest absolute Gasteiger partial charge is 0.0794 e. The number of methoxy groups -OCH3 is 1. The zero-order valence-electron chi connectivity index (χ0n) is 10.2. The van der Waals surface area contributed by atoms with Crippen LogP contribution in [0.3, 0.4) is 0 Å². The Morgan fingerprint density at radius 2 is 2.50 bits per heavy atom. The summed E-state index contributed by atoms with van der Waals surface area (Å²) in [6.07, 6.45) is 1.81. The van der Waals surface area contributed by atoms with E-state index in [1.807, 2.05) is 17.6 Å². The maximum Gasteiger partial charge on any atom is 0.0794 e. The molecular weight excluding hydrogens is 250 g/mol. The lowest BCUT2D eigenvalue weighted by molar-refractivity contribution is 0.128. The van der Waals surface area contributed by atoms with Gasteiger partial charge in [-0.1, -0.05) is 6.07 Å². The summed E-state index contributed by atoms with van der Waals surface area (Å²) < 4.78 is 5.02. The largest absolute Gasteiger partial charge is 0.395 e. The van der Waals surface area contributed by atoms with Crippen LogP contribution in [0.15, 0.2) is 23.7 Å². The number of hydrogen-bond donors (Lipinski definition) is 3. The molecular formula is C12H17N3O2S. The topological polar surface area (TPSA) is 70.2 Å². The fraction of sp³-hybridized carbons (Fsp3) is 0.417. The summed E-state index contributed by atoms with van der Waals surface area (Å²) in [5, 5.41) is 21.5. The Morgan fingerprint density at radius 3 is 3.17 bits per heavy atom. The zero-order valence-corrected chi connectivity index (χ0v) is 11.0. The third-order valence-corrected chi connectivity index (χ3v) is 3.54. The minimum atomic E-state index is -0.0546. The van der Waals surface area contributed by atoms with Crippen LogP contribution in [0.5, 0.6) is 0 Å². The van der Waals surface area contributed by atoms with Crippen molar-refractivity contribution in [2.24, 2.45) is 0 Å². The predicted octanol–water partition coefficient (Wildman–Crippen LogP) is 1.24. The average molecular weight is 267 g/mol. The minimum absolute atomic E-state index is 0.0546. The first kappa shape index (κ1) is 13.2. The molecule has 2 heterocycles. The van der Waals surface area contributed by atoms with Crippen molar-refractivity contribution in [3.63, 3.8) is 0 Å². The molecule has 98 valence electrons. The van der Waals surface area contributed by atoms with E-state index in [4.69, 9.17) is 4.74 Å². The molecule has 2 aromatic rings. The number of aromatic nitrogens is 2. The summed E-state index contributed by atoms with van der Waals surface area (Å²) in [5.41, 5.74) is 2.12. The molecule has 0 aliphatic rings. The van der Waals surface area contributed by atoms with E-state index in [0.717, 1.165) is 16.1 Å². The number of aliphatic hydroxyl groups excluding tert-OH is 1. The van der Waals surface area contributed by atoms with Crippen molar-refractivity contribution >= 4 is 11.3 Å². The summed E-state index contributed by atoms with van der Waals surface area (Å²) in [5.74, 6) is 0. The highest BCUT2D eigenvalue weighted by Gasteiger charge is 2.11. The summed E-state index contributed by atoms with van der Waals surface area (Å²) in [6, 6.07) is 4.01. The summed E-state index contributed by atoms with van der Waals surface area (Å²) in [6.45, 7) is 1.20. The molecule has 5 nitrogen and oxygen atoms in total. The maximum atomic E-state index is 9.18. The molecule has 1 unspecified atom stereocenters. The van der Waals surface area contributed by atoms with Crippen LogP contribution in [0.2, 0.25) is 0 Å². The lowest BCUT2D eigenvalue weighted by Crippen LogP contribution is -2.35. The molecule has 0 spiro atoms. The molecule has 0 fully saturated rings.